The first kappa shape index (κ1) is 19.4. The maximum atomic E-state index is 6.01. The second-order valence-corrected chi connectivity index (χ2v) is 7.09. The van der Waals surface area contributed by atoms with Gasteiger partial charge in [-0.25, -0.2) is 0 Å². The minimum Gasteiger partial charge on any atom is -0.370 e. The summed E-state index contributed by atoms with van der Waals surface area (Å²) in [6.07, 6.45) is 0.729. The maximum absolute atomic E-state index is 6.01. The molecule has 1 unspecified atom stereocenters. The summed E-state index contributed by atoms with van der Waals surface area (Å²) in [6, 6.07) is 8.39. The van der Waals surface area contributed by atoms with Crippen molar-refractivity contribution < 1.29 is 9.26 Å². The van der Waals surface area contributed by atoms with Gasteiger partial charge in [0.25, 0.3) is 0 Å². The molecule has 0 saturated carbocycles. The highest BCUT2D eigenvalue weighted by Gasteiger charge is 2.25. The summed E-state index contributed by atoms with van der Waals surface area (Å²) >= 11 is 0. The average molecular weight is 371 g/mol. The van der Waals surface area contributed by atoms with E-state index in [4.69, 9.17) is 9.26 Å². The summed E-state index contributed by atoms with van der Waals surface area (Å²) in [6.45, 7) is 9.21. The van der Waals surface area contributed by atoms with Gasteiger partial charge in [0.05, 0.1) is 13.2 Å². The number of benzene rings is 1. The van der Waals surface area contributed by atoms with Crippen LogP contribution >= 0.6 is 0 Å². The number of nitrogens with zero attached hydrogens (tertiary/aromatic N) is 4. The van der Waals surface area contributed by atoms with Crippen molar-refractivity contribution in [2.75, 3.05) is 33.3 Å². The van der Waals surface area contributed by atoms with Crippen LogP contribution in [0.2, 0.25) is 0 Å². The van der Waals surface area contributed by atoms with E-state index in [-0.39, 0.29) is 12.0 Å². The largest absolute Gasteiger partial charge is 0.370 e. The molecule has 1 saturated heterocycles. The fraction of sp³-hybridized carbons (Fsp3) is 0.550. The van der Waals surface area contributed by atoms with E-state index in [1.165, 1.54) is 11.1 Å². The molecule has 1 fully saturated rings. The number of morpholine rings is 1. The number of ether oxygens (including phenoxy) is 1. The predicted octanol–water partition coefficient (Wildman–Crippen LogP) is 2.69. The zero-order valence-electron chi connectivity index (χ0n) is 16.6. The topological polar surface area (TPSA) is 75.8 Å². The lowest BCUT2D eigenvalue weighted by atomic mass is 10.0. The van der Waals surface area contributed by atoms with Crippen LogP contribution in [0.1, 0.15) is 48.7 Å². The van der Waals surface area contributed by atoms with Crippen molar-refractivity contribution >= 4 is 5.96 Å². The van der Waals surface area contributed by atoms with E-state index in [2.05, 4.69) is 70.4 Å². The molecule has 0 aliphatic carbocycles. The summed E-state index contributed by atoms with van der Waals surface area (Å²) in [4.78, 5) is 11.1. The SMILES string of the molecule is CN=C(NCCc1nc(C(C)C)no1)N1CCOC(c2ccccc2C)C1. The molecule has 7 heteroatoms. The van der Waals surface area contributed by atoms with Gasteiger partial charge in [0, 0.05) is 32.5 Å². The maximum Gasteiger partial charge on any atom is 0.228 e. The molecule has 146 valence electrons. The molecule has 0 spiro atoms. The van der Waals surface area contributed by atoms with Crippen molar-refractivity contribution in [1.82, 2.24) is 20.4 Å². The molecule has 3 rings (SSSR count). The molecule has 1 aromatic carbocycles. The highest BCUT2D eigenvalue weighted by molar-refractivity contribution is 5.80. The lowest BCUT2D eigenvalue weighted by molar-refractivity contribution is -0.00830. The smallest absolute Gasteiger partial charge is 0.228 e. The normalized spacial score (nSPS) is 18.2. The summed E-state index contributed by atoms with van der Waals surface area (Å²) in [5.41, 5.74) is 2.49. The first-order valence-electron chi connectivity index (χ1n) is 9.53. The number of rotatable bonds is 5. The van der Waals surface area contributed by atoms with Crippen molar-refractivity contribution in [1.29, 1.82) is 0 Å². The van der Waals surface area contributed by atoms with Crippen LogP contribution in [0.3, 0.4) is 0 Å². The second-order valence-electron chi connectivity index (χ2n) is 7.09. The molecule has 7 nitrogen and oxygen atoms in total. The molecule has 0 radical (unpaired) electrons. The lowest BCUT2D eigenvalue weighted by Gasteiger charge is -2.35. The minimum absolute atomic E-state index is 0.0584. The molecule has 1 aliphatic rings. The van der Waals surface area contributed by atoms with Gasteiger partial charge in [-0.2, -0.15) is 4.98 Å². The van der Waals surface area contributed by atoms with Gasteiger partial charge in [-0.3, -0.25) is 4.99 Å². The number of nitrogens with one attached hydrogen (secondary N) is 1. The molecule has 1 atom stereocenters. The Labute approximate surface area is 160 Å². The third-order valence-electron chi connectivity index (χ3n) is 4.74. The van der Waals surface area contributed by atoms with E-state index in [0.29, 0.717) is 25.5 Å². The molecule has 0 bridgehead atoms. The third kappa shape index (κ3) is 4.86. The Bertz CT molecular complexity index is 771. The Morgan fingerprint density at radius 1 is 1.37 bits per heavy atom. The number of guanidine groups is 1. The van der Waals surface area contributed by atoms with E-state index in [1.54, 1.807) is 0 Å². The predicted molar refractivity (Wildman–Crippen MR) is 105 cm³/mol. The van der Waals surface area contributed by atoms with Gasteiger partial charge in [-0.1, -0.05) is 43.3 Å². The van der Waals surface area contributed by atoms with Crippen molar-refractivity contribution in [3.8, 4) is 0 Å². The van der Waals surface area contributed by atoms with Gasteiger partial charge in [0.2, 0.25) is 5.89 Å². The highest BCUT2D eigenvalue weighted by Crippen LogP contribution is 2.24. The molecule has 2 heterocycles. The molecule has 1 aliphatic heterocycles. The fourth-order valence-electron chi connectivity index (χ4n) is 3.20. The third-order valence-corrected chi connectivity index (χ3v) is 4.74. The van der Waals surface area contributed by atoms with Crippen LogP contribution in [0.4, 0.5) is 0 Å². The van der Waals surface area contributed by atoms with Crippen molar-refractivity contribution in [3.05, 3.63) is 47.1 Å². The molecule has 1 aromatic heterocycles. The number of aliphatic imine (C=N–C) groups is 1. The zero-order chi connectivity index (χ0) is 19.2. The van der Waals surface area contributed by atoms with Gasteiger partial charge in [0.15, 0.2) is 11.8 Å². The van der Waals surface area contributed by atoms with Gasteiger partial charge in [-0.15, -0.1) is 0 Å². The minimum atomic E-state index is 0.0584. The molecule has 0 amide bonds. The van der Waals surface area contributed by atoms with Crippen molar-refractivity contribution in [2.45, 2.75) is 39.2 Å². The molecule has 2 aromatic rings. The van der Waals surface area contributed by atoms with Crippen molar-refractivity contribution in [3.63, 3.8) is 0 Å². The number of hydrogen-bond acceptors (Lipinski definition) is 5. The Kier molecular flexibility index (Phi) is 6.45. The van der Waals surface area contributed by atoms with Crippen LogP contribution in [0.25, 0.3) is 0 Å². The monoisotopic (exact) mass is 371 g/mol. The van der Waals surface area contributed by atoms with Gasteiger partial charge < -0.3 is 19.5 Å². The lowest BCUT2D eigenvalue weighted by Crippen LogP contribution is -2.48. The first-order valence-corrected chi connectivity index (χ1v) is 9.53. The quantitative estimate of drug-likeness (QED) is 0.643. The van der Waals surface area contributed by atoms with E-state index in [1.807, 2.05) is 7.05 Å². The average Bonchev–Trinajstić information content (AvgIpc) is 3.15. The molecule has 1 N–H and O–H groups in total. The van der Waals surface area contributed by atoms with Crippen LogP contribution in [0, 0.1) is 6.92 Å². The molecular weight excluding hydrogens is 342 g/mol. The van der Waals surface area contributed by atoms with Crippen LogP contribution < -0.4 is 5.32 Å². The van der Waals surface area contributed by atoms with E-state index < -0.39 is 0 Å². The number of aryl methyl sites for hydroxylation is 1. The summed E-state index contributed by atoms with van der Waals surface area (Å²) in [7, 11) is 1.81. The van der Waals surface area contributed by atoms with E-state index in [9.17, 15) is 0 Å². The van der Waals surface area contributed by atoms with Gasteiger partial charge in [0.1, 0.15) is 6.10 Å². The standard InChI is InChI=1S/C20H29N5O2/c1-14(2)19-23-18(27-24-19)9-10-22-20(21-4)25-11-12-26-17(13-25)16-8-6-5-7-15(16)3/h5-8,14,17H,9-13H2,1-4H3,(H,21,22). The Balaban J connectivity index is 1.56. The number of aromatic nitrogens is 2. The Morgan fingerprint density at radius 2 is 2.19 bits per heavy atom. The number of hydrogen-bond donors (Lipinski definition) is 1. The highest BCUT2D eigenvalue weighted by atomic mass is 16.5. The van der Waals surface area contributed by atoms with Crippen LogP contribution in [0.15, 0.2) is 33.8 Å². The first-order chi connectivity index (χ1) is 13.1. The van der Waals surface area contributed by atoms with Crippen LogP contribution in [0.5, 0.6) is 0 Å². The fourth-order valence-corrected chi connectivity index (χ4v) is 3.20. The summed E-state index contributed by atoms with van der Waals surface area (Å²) < 4.78 is 11.3. The molecule has 27 heavy (non-hydrogen) atoms. The molecular formula is C20H29N5O2. The van der Waals surface area contributed by atoms with Crippen molar-refractivity contribution in [2.24, 2.45) is 4.99 Å². The van der Waals surface area contributed by atoms with E-state index >= 15 is 0 Å². The van der Waals surface area contributed by atoms with Gasteiger partial charge in [-0.05, 0) is 18.1 Å². The summed E-state index contributed by atoms with van der Waals surface area (Å²) in [5, 5.41) is 7.41. The van der Waals surface area contributed by atoms with Crippen LogP contribution in [-0.2, 0) is 11.2 Å². The van der Waals surface area contributed by atoms with Gasteiger partial charge >= 0.3 is 0 Å². The van der Waals surface area contributed by atoms with E-state index in [0.717, 1.165) is 24.9 Å². The zero-order valence-corrected chi connectivity index (χ0v) is 16.6. The van der Waals surface area contributed by atoms with Crippen LogP contribution in [-0.4, -0.2) is 54.3 Å². The Morgan fingerprint density at radius 3 is 2.89 bits per heavy atom. The summed E-state index contributed by atoms with van der Waals surface area (Å²) in [5.74, 6) is 2.56. The second kappa shape index (κ2) is 8.99. The Hall–Kier alpha value is -2.41.